The summed E-state index contributed by atoms with van der Waals surface area (Å²) in [5, 5.41) is 3.09. The standard InChI is InChI=1S/C22H27NO3/c1-3-21(18-12-11-16-7-4-5-8-17(16)13-18)23-22(24)15-26-20-10-6-9-19(14-20)25-2/h6,9-14,21H,3-5,7-8,15H2,1-2H3,(H,23,24). The Kier molecular flexibility index (Phi) is 6.16. The molecule has 0 fully saturated rings. The fourth-order valence-corrected chi connectivity index (χ4v) is 3.47. The smallest absolute Gasteiger partial charge is 0.258 e. The van der Waals surface area contributed by atoms with Gasteiger partial charge >= 0.3 is 0 Å². The van der Waals surface area contributed by atoms with Crippen LogP contribution in [0.5, 0.6) is 11.5 Å². The van der Waals surface area contributed by atoms with Crippen LogP contribution in [-0.4, -0.2) is 19.6 Å². The number of hydrogen-bond acceptors (Lipinski definition) is 3. The molecular formula is C22H27NO3. The van der Waals surface area contributed by atoms with Crippen LogP contribution in [0.4, 0.5) is 0 Å². The van der Waals surface area contributed by atoms with Crippen LogP contribution in [0.1, 0.15) is 48.9 Å². The van der Waals surface area contributed by atoms with Gasteiger partial charge in [-0.2, -0.15) is 0 Å². The fraction of sp³-hybridized carbons (Fsp3) is 0.409. The summed E-state index contributed by atoms with van der Waals surface area (Å²) in [6.07, 6.45) is 5.71. The van der Waals surface area contributed by atoms with Gasteiger partial charge in [-0.25, -0.2) is 0 Å². The minimum Gasteiger partial charge on any atom is -0.497 e. The first-order chi connectivity index (χ1) is 12.7. The van der Waals surface area contributed by atoms with Gasteiger partial charge in [0.2, 0.25) is 0 Å². The van der Waals surface area contributed by atoms with E-state index in [-0.39, 0.29) is 18.6 Å². The van der Waals surface area contributed by atoms with Crippen molar-refractivity contribution in [3.8, 4) is 11.5 Å². The Labute approximate surface area is 155 Å². The van der Waals surface area contributed by atoms with Gasteiger partial charge in [-0.1, -0.05) is 31.2 Å². The second-order valence-corrected chi connectivity index (χ2v) is 6.73. The van der Waals surface area contributed by atoms with E-state index in [0.717, 1.165) is 12.8 Å². The van der Waals surface area contributed by atoms with Crippen molar-refractivity contribution < 1.29 is 14.3 Å². The summed E-state index contributed by atoms with van der Waals surface area (Å²) in [5.41, 5.74) is 4.08. The van der Waals surface area contributed by atoms with Crippen LogP contribution in [0.2, 0.25) is 0 Å². The number of nitrogens with one attached hydrogen (secondary N) is 1. The van der Waals surface area contributed by atoms with Gasteiger partial charge < -0.3 is 14.8 Å². The molecule has 0 saturated carbocycles. The lowest BCUT2D eigenvalue weighted by Crippen LogP contribution is -2.32. The summed E-state index contributed by atoms with van der Waals surface area (Å²) >= 11 is 0. The molecule has 0 aromatic heterocycles. The van der Waals surface area contributed by atoms with Crippen LogP contribution in [0.15, 0.2) is 42.5 Å². The van der Waals surface area contributed by atoms with Crippen molar-refractivity contribution in [2.45, 2.75) is 45.1 Å². The highest BCUT2D eigenvalue weighted by Crippen LogP contribution is 2.26. The highest BCUT2D eigenvalue weighted by Gasteiger charge is 2.16. The van der Waals surface area contributed by atoms with Crippen molar-refractivity contribution in [1.82, 2.24) is 5.32 Å². The normalized spacial score (nSPS) is 14.2. The number of methoxy groups -OCH3 is 1. The average Bonchev–Trinajstić information content (AvgIpc) is 2.70. The van der Waals surface area contributed by atoms with Crippen molar-refractivity contribution in [2.75, 3.05) is 13.7 Å². The Bertz CT molecular complexity index is 757. The number of carbonyl (C=O) groups excluding carboxylic acids is 1. The zero-order valence-electron chi connectivity index (χ0n) is 15.6. The number of benzene rings is 2. The number of rotatable bonds is 7. The quantitative estimate of drug-likeness (QED) is 0.811. The third-order valence-corrected chi connectivity index (χ3v) is 4.93. The van der Waals surface area contributed by atoms with Gasteiger partial charge in [0.05, 0.1) is 13.2 Å². The molecule has 2 aromatic rings. The SMILES string of the molecule is CCC(NC(=O)COc1cccc(OC)c1)c1ccc2c(c1)CCCC2. The van der Waals surface area contributed by atoms with E-state index in [1.807, 2.05) is 18.2 Å². The lowest BCUT2D eigenvalue weighted by atomic mass is 9.89. The van der Waals surface area contributed by atoms with E-state index in [2.05, 4.69) is 30.4 Å². The van der Waals surface area contributed by atoms with E-state index in [0.29, 0.717) is 11.5 Å². The predicted molar refractivity (Wildman–Crippen MR) is 103 cm³/mol. The minimum atomic E-state index is -0.114. The molecule has 1 aliphatic carbocycles. The average molecular weight is 353 g/mol. The van der Waals surface area contributed by atoms with Crippen LogP contribution >= 0.6 is 0 Å². The van der Waals surface area contributed by atoms with Crippen molar-refractivity contribution in [2.24, 2.45) is 0 Å². The second-order valence-electron chi connectivity index (χ2n) is 6.73. The van der Waals surface area contributed by atoms with Crippen molar-refractivity contribution in [3.63, 3.8) is 0 Å². The first-order valence-corrected chi connectivity index (χ1v) is 9.37. The number of aryl methyl sites for hydroxylation is 2. The summed E-state index contributed by atoms with van der Waals surface area (Å²) in [6.45, 7) is 2.09. The van der Waals surface area contributed by atoms with Gasteiger partial charge in [0.15, 0.2) is 6.61 Å². The summed E-state index contributed by atoms with van der Waals surface area (Å²) in [7, 11) is 1.61. The summed E-state index contributed by atoms with van der Waals surface area (Å²) in [5.74, 6) is 1.22. The van der Waals surface area contributed by atoms with Gasteiger partial charge in [0, 0.05) is 6.07 Å². The first kappa shape index (κ1) is 18.3. The molecule has 26 heavy (non-hydrogen) atoms. The van der Waals surface area contributed by atoms with E-state index in [4.69, 9.17) is 9.47 Å². The number of ether oxygens (including phenoxy) is 2. The molecule has 1 aliphatic rings. The molecule has 1 atom stereocenters. The molecule has 4 heteroatoms. The second kappa shape index (κ2) is 8.75. The van der Waals surface area contributed by atoms with Crippen molar-refractivity contribution in [1.29, 1.82) is 0 Å². The minimum absolute atomic E-state index is 0.00535. The molecule has 1 amide bonds. The van der Waals surface area contributed by atoms with Gasteiger partial charge in [0.1, 0.15) is 11.5 Å². The molecule has 0 bridgehead atoms. The van der Waals surface area contributed by atoms with Crippen LogP contribution < -0.4 is 14.8 Å². The van der Waals surface area contributed by atoms with Crippen LogP contribution in [0.25, 0.3) is 0 Å². The number of fused-ring (bicyclic) bond motifs is 1. The lowest BCUT2D eigenvalue weighted by Gasteiger charge is -2.22. The van der Waals surface area contributed by atoms with E-state index in [1.165, 1.54) is 36.0 Å². The topological polar surface area (TPSA) is 47.6 Å². The highest BCUT2D eigenvalue weighted by atomic mass is 16.5. The van der Waals surface area contributed by atoms with Crippen LogP contribution in [0, 0.1) is 0 Å². The molecular weight excluding hydrogens is 326 g/mol. The van der Waals surface area contributed by atoms with Gasteiger partial charge in [-0.15, -0.1) is 0 Å². The van der Waals surface area contributed by atoms with Gasteiger partial charge in [0.25, 0.3) is 5.91 Å². The van der Waals surface area contributed by atoms with Gasteiger partial charge in [-0.3, -0.25) is 4.79 Å². The highest BCUT2D eigenvalue weighted by molar-refractivity contribution is 5.78. The van der Waals surface area contributed by atoms with E-state index in [1.54, 1.807) is 13.2 Å². The van der Waals surface area contributed by atoms with Crippen molar-refractivity contribution >= 4 is 5.91 Å². The maximum absolute atomic E-state index is 12.3. The lowest BCUT2D eigenvalue weighted by molar-refractivity contribution is -0.123. The maximum atomic E-state index is 12.3. The predicted octanol–water partition coefficient (Wildman–Crippen LogP) is 4.22. The number of hydrogen-bond donors (Lipinski definition) is 1. The Morgan fingerprint density at radius 1 is 1.08 bits per heavy atom. The Balaban J connectivity index is 1.59. The fourth-order valence-electron chi connectivity index (χ4n) is 3.47. The molecule has 4 nitrogen and oxygen atoms in total. The van der Waals surface area contributed by atoms with E-state index in [9.17, 15) is 4.79 Å². The molecule has 0 heterocycles. The van der Waals surface area contributed by atoms with E-state index < -0.39 is 0 Å². The van der Waals surface area contributed by atoms with E-state index >= 15 is 0 Å². The zero-order valence-corrected chi connectivity index (χ0v) is 15.6. The molecule has 2 aromatic carbocycles. The summed E-state index contributed by atoms with van der Waals surface area (Å²) in [4.78, 5) is 12.3. The molecule has 0 saturated heterocycles. The maximum Gasteiger partial charge on any atom is 0.258 e. The third-order valence-electron chi connectivity index (χ3n) is 4.93. The molecule has 1 N–H and O–H groups in total. The van der Waals surface area contributed by atoms with Crippen LogP contribution in [0.3, 0.4) is 0 Å². The Hall–Kier alpha value is -2.49. The zero-order chi connectivity index (χ0) is 18.4. The number of carbonyl (C=O) groups is 1. The third kappa shape index (κ3) is 4.57. The first-order valence-electron chi connectivity index (χ1n) is 9.37. The summed E-state index contributed by atoms with van der Waals surface area (Å²) < 4.78 is 10.8. The largest absolute Gasteiger partial charge is 0.497 e. The number of amides is 1. The molecule has 3 rings (SSSR count). The Morgan fingerprint density at radius 2 is 1.85 bits per heavy atom. The Morgan fingerprint density at radius 3 is 2.62 bits per heavy atom. The van der Waals surface area contributed by atoms with Crippen LogP contribution in [-0.2, 0) is 17.6 Å². The van der Waals surface area contributed by atoms with Crippen molar-refractivity contribution in [3.05, 3.63) is 59.2 Å². The molecule has 1 unspecified atom stereocenters. The molecule has 0 aliphatic heterocycles. The molecule has 0 spiro atoms. The van der Waals surface area contributed by atoms with Gasteiger partial charge in [-0.05, 0) is 60.9 Å². The summed E-state index contributed by atoms with van der Waals surface area (Å²) in [6, 6.07) is 13.9. The molecule has 0 radical (unpaired) electrons. The monoisotopic (exact) mass is 353 g/mol. The molecule has 138 valence electrons.